The van der Waals surface area contributed by atoms with Gasteiger partial charge in [-0.1, -0.05) is 17.7 Å². The van der Waals surface area contributed by atoms with Crippen molar-refractivity contribution < 1.29 is 17.0 Å². The molecule has 0 aliphatic carbocycles. The van der Waals surface area contributed by atoms with Crippen molar-refractivity contribution in [1.29, 1.82) is 0 Å². The molecule has 1 aromatic carbocycles. The van der Waals surface area contributed by atoms with Crippen LogP contribution in [0, 0.1) is 12.7 Å². The molecule has 0 saturated heterocycles. The van der Waals surface area contributed by atoms with Crippen LogP contribution in [0.5, 0.6) is 0 Å². The van der Waals surface area contributed by atoms with Crippen LogP contribution in [0.15, 0.2) is 47.5 Å². The van der Waals surface area contributed by atoms with Crippen molar-refractivity contribution in [2.45, 2.75) is 18.2 Å². The second kappa shape index (κ2) is 6.11. The van der Waals surface area contributed by atoms with Crippen LogP contribution in [0.25, 0.3) is 0 Å². The van der Waals surface area contributed by atoms with Gasteiger partial charge < -0.3 is 0 Å². The number of rotatable bonds is 5. The second-order valence-corrected chi connectivity index (χ2v) is 5.89. The van der Waals surface area contributed by atoms with Crippen LogP contribution in [0.1, 0.15) is 11.3 Å². The second-order valence-electron chi connectivity index (χ2n) is 4.27. The first-order valence-corrected chi connectivity index (χ1v) is 7.45. The van der Waals surface area contributed by atoms with Crippen LogP contribution in [0.4, 0.5) is 4.39 Å². The fraction of sp³-hybridized carbons (Fsp3) is 0.214. The zero-order valence-corrected chi connectivity index (χ0v) is 11.7. The molecule has 0 N–H and O–H groups in total. The molecular weight excluding hydrogens is 281 g/mol. The van der Waals surface area contributed by atoms with E-state index in [2.05, 4.69) is 4.98 Å². The summed E-state index contributed by atoms with van der Waals surface area (Å²) < 4.78 is 42.0. The minimum Gasteiger partial charge on any atom is -0.266 e. The van der Waals surface area contributed by atoms with Gasteiger partial charge in [0.05, 0.1) is 17.2 Å². The van der Waals surface area contributed by atoms with Crippen LogP contribution < -0.4 is 0 Å². The predicted molar refractivity (Wildman–Crippen MR) is 72.2 cm³/mol. The van der Waals surface area contributed by atoms with Crippen molar-refractivity contribution in [1.82, 2.24) is 4.98 Å². The molecule has 106 valence electrons. The molecule has 0 atom stereocenters. The maximum Gasteiger partial charge on any atom is 0.296 e. The summed E-state index contributed by atoms with van der Waals surface area (Å²) in [5.41, 5.74) is 1.14. The van der Waals surface area contributed by atoms with Crippen molar-refractivity contribution >= 4 is 10.1 Å². The first-order valence-electron chi connectivity index (χ1n) is 6.04. The Balaban J connectivity index is 2.00. The number of aryl methyl sites for hydroxylation is 1. The van der Waals surface area contributed by atoms with Crippen LogP contribution in [-0.2, 0) is 20.7 Å². The molecular formula is C14H14FNO3S. The third-order valence-corrected chi connectivity index (χ3v) is 4.05. The summed E-state index contributed by atoms with van der Waals surface area (Å²) in [6.07, 6.45) is 1.55. The monoisotopic (exact) mass is 295 g/mol. The molecule has 1 heterocycles. The van der Waals surface area contributed by atoms with E-state index >= 15 is 0 Å². The van der Waals surface area contributed by atoms with E-state index in [-0.39, 0.29) is 23.6 Å². The van der Waals surface area contributed by atoms with Gasteiger partial charge in [0, 0.05) is 12.6 Å². The zero-order valence-electron chi connectivity index (χ0n) is 10.9. The maximum absolute atomic E-state index is 13.3. The van der Waals surface area contributed by atoms with Gasteiger partial charge in [-0.15, -0.1) is 0 Å². The first kappa shape index (κ1) is 14.6. The molecule has 6 heteroatoms. The van der Waals surface area contributed by atoms with Crippen molar-refractivity contribution in [3.05, 3.63) is 59.7 Å². The van der Waals surface area contributed by atoms with Crippen LogP contribution in [-0.4, -0.2) is 20.0 Å². The van der Waals surface area contributed by atoms with Crippen LogP contribution in [0.2, 0.25) is 0 Å². The highest BCUT2D eigenvalue weighted by molar-refractivity contribution is 7.86. The average Bonchev–Trinajstić information content (AvgIpc) is 2.41. The standard InChI is InChI=1S/C14H14FNO3S/c1-11-4-6-12(7-5-11)20(17,18)19-10-8-14-13(15)3-2-9-16-14/h2-7,9H,8,10H2,1H3. The fourth-order valence-corrected chi connectivity index (χ4v) is 2.53. The lowest BCUT2D eigenvalue weighted by atomic mass is 10.2. The minimum atomic E-state index is -3.81. The molecule has 0 bridgehead atoms. The average molecular weight is 295 g/mol. The Hall–Kier alpha value is -1.79. The summed E-state index contributed by atoms with van der Waals surface area (Å²) in [6.45, 7) is 1.71. The molecule has 0 saturated carbocycles. The van der Waals surface area contributed by atoms with Gasteiger partial charge in [-0.05, 0) is 31.2 Å². The topological polar surface area (TPSA) is 56.3 Å². The molecule has 0 amide bonds. The fourth-order valence-electron chi connectivity index (χ4n) is 1.62. The van der Waals surface area contributed by atoms with Gasteiger partial charge in [-0.3, -0.25) is 9.17 Å². The molecule has 0 spiro atoms. The van der Waals surface area contributed by atoms with Crippen LogP contribution >= 0.6 is 0 Å². The van der Waals surface area contributed by atoms with Gasteiger partial charge in [0.25, 0.3) is 10.1 Å². The largest absolute Gasteiger partial charge is 0.296 e. The Bertz CT molecular complexity index is 684. The summed E-state index contributed by atoms with van der Waals surface area (Å²) in [7, 11) is -3.81. The van der Waals surface area contributed by atoms with E-state index in [1.54, 1.807) is 12.1 Å². The van der Waals surface area contributed by atoms with E-state index in [9.17, 15) is 12.8 Å². The third-order valence-electron chi connectivity index (χ3n) is 2.72. The van der Waals surface area contributed by atoms with E-state index in [0.717, 1.165) is 5.56 Å². The Morgan fingerprint density at radius 3 is 2.55 bits per heavy atom. The zero-order chi connectivity index (χ0) is 14.6. The smallest absolute Gasteiger partial charge is 0.266 e. The maximum atomic E-state index is 13.3. The number of hydrogen-bond acceptors (Lipinski definition) is 4. The number of halogens is 1. The van der Waals surface area contributed by atoms with E-state index < -0.39 is 15.9 Å². The SMILES string of the molecule is Cc1ccc(S(=O)(=O)OCCc2ncccc2F)cc1. The van der Waals surface area contributed by atoms with E-state index in [1.807, 2.05) is 6.92 Å². The van der Waals surface area contributed by atoms with Crippen molar-refractivity contribution in [3.8, 4) is 0 Å². The lowest BCUT2D eigenvalue weighted by Crippen LogP contribution is -2.10. The molecule has 2 aromatic rings. The van der Waals surface area contributed by atoms with Crippen LogP contribution in [0.3, 0.4) is 0 Å². The Morgan fingerprint density at radius 1 is 1.20 bits per heavy atom. The normalized spacial score (nSPS) is 11.5. The molecule has 0 fully saturated rings. The number of hydrogen-bond donors (Lipinski definition) is 0. The number of aromatic nitrogens is 1. The van der Waals surface area contributed by atoms with Gasteiger partial charge >= 0.3 is 0 Å². The predicted octanol–water partition coefficient (Wildman–Crippen LogP) is 2.48. The Morgan fingerprint density at radius 2 is 1.90 bits per heavy atom. The summed E-state index contributed by atoms with van der Waals surface area (Å²) >= 11 is 0. The molecule has 0 aliphatic rings. The van der Waals surface area contributed by atoms with Gasteiger partial charge in [-0.2, -0.15) is 8.42 Å². The van der Waals surface area contributed by atoms with Crippen molar-refractivity contribution in [2.24, 2.45) is 0 Å². The van der Waals surface area contributed by atoms with Crippen molar-refractivity contribution in [2.75, 3.05) is 6.61 Å². The molecule has 0 unspecified atom stereocenters. The van der Waals surface area contributed by atoms with Gasteiger partial charge in [0.1, 0.15) is 5.82 Å². The molecule has 4 nitrogen and oxygen atoms in total. The molecule has 0 radical (unpaired) electrons. The lowest BCUT2D eigenvalue weighted by molar-refractivity contribution is 0.318. The Kier molecular flexibility index (Phi) is 4.46. The molecule has 1 aromatic heterocycles. The van der Waals surface area contributed by atoms with Gasteiger partial charge in [0.15, 0.2) is 0 Å². The quantitative estimate of drug-likeness (QED) is 0.795. The third kappa shape index (κ3) is 3.61. The van der Waals surface area contributed by atoms with Gasteiger partial charge in [0.2, 0.25) is 0 Å². The molecule has 20 heavy (non-hydrogen) atoms. The number of pyridine rings is 1. The summed E-state index contributed by atoms with van der Waals surface area (Å²) in [5, 5.41) is 0. The highest BCUT2D eigenvalue weighted by Crippen LogP contribution is 2.14. The summed E-state index contributed by atoms with van der Waals surface area (Å²) in [4.78, 5) is 3.92. The highest BCUT2D eigenvalue weighted by Gasteiger charge is 2.15. The van der Waals surface area contributed by atoms with E-state index in [0.29, 0.717) is 0 Å². The minimum absolute atomic E-state index is 0.0876. The molecule has 0 aliphatic heterocycles. The first-order chi connectivity index (χ1) is 9.49. The number of benzene rings is 1. The highest BCUT2D eigenvalue weighted by atomic mass is 32.2. The van der Waals surface area contributed by atoms with Gasteiger partial charge in [-0.25, -0.2) is 4.39 Å². The summed E-state index contributed by atoms with van der Waals surface area (Å²) in [5.74, 6) is -0.469. The van der Waals surface area contributed by atoms with E-state index in [4.69, 9.17) is 4.18 Å². The molecule has 2 rings (SSSR count). The van der Waals surface area contributed by atoms with E-state index in [1.165, 1.54) is 30.5 Å². The summed E-state index contributed by atoms with van der Waals surface area (Å²) in [6, 6.07) is 9.08. The lowest BCUT2D eigenvalue weighted by Gasteiger charge is -2.06. The number of nitrogens with zero attached hydrogens (tertiary/aromatic N) is 1. The van der Waals surface area contributed by atoms with Crippen molar-refractivity contribution in [3.63, 3.8) is 0 Å². The Labute approximate surface area is 117 Å².